The van der Waals surface area contributed by atoms with E-state index in [-0.39, 0.29) is 5.91 Å². The predicted octanol–water partition coefficient (Wildman–Crippen LogP) is 4.57. The van der Waals surface area contributed by atoms with Crippen LogP contribution in [0.4, 0.5) is 5.69 Å². The van der Waals surface area contributed by atoms with Crippen LogP contribution in [0.15, 0.2) is 28.9 Å². The van der Waals surface area contributed by atoms with Crippen molar-refractivity contribution in [2.75, 3.05) is 24.5 Å². The smallest absolute Gasteiger partial charge is 0.265 e. The summed E-state index contributed by atoms with van der Waals surface area (Å²) < 4.78 is 5.60. The maximum absolute atomic E-state index is 12.9. The lowest BCUT2D eigenvalue weighted by Crippen LogP contribution is -2.41. The summed E-state index contributed by atoms with van der Waals surface area (Å²) in [6.45, 7) is 5.15. The first kappa shape index (κ1) is 17.7. The van der Waals surface area contributed by atoms with E-state index in [9.17, 15) is 4.79 Å². The van der Waals surface area contributed by atoms with E-state index >= 15 is 0 Å². The second-order valence-corrected chi connectivity index (χ2v) is 8.81. The van der Waals surface area contributed by atoms with Crippen molar-refractivity contribution in [1.29, 1.82) is 0 Å². The van der Waals surface area contributed by atoms with Gasteiger partial charge in [0.1, 0.15) is 15.6 Å². The number of hydrogen-bond acceptors (Lipinski definition) is 6. The molecule has 2 aliphatic rings. The molecule has 1 unspecified atom stereocenters. The van der Waals surface area contributed by atoms with Gasteiger partial charge in [-0.25, -0.2) is 4.98 Å². The van der Waals surface area contributed by atoms with Gasteiger partial charge in [-0.05, 0) is 51.2 Å². The first-order valence-corrected chi connectivity index (χ1v) is 10.9. The molecule has 5 rings (SSSR count). The minimum atomic E-state index is 0.0834. The molecule has 0 radical (unpaired) electrons. The van der Waals surface area contributed by atoms with Gasteiger partial charge in [0.25, 0.3) is 5.91 Å². The Bertz CT molecular complexity index is 1000. The molecule has 3 aromatic rings. The van der Waals surface area contributed by atoms with Crippen molar-refractivity contribution in [3.05, 3.63) is 29.3 Å². The number of nitrogens with zero attached hydrogens (tertiary/aromatic N) is 4. The van der Waals surface area contributed by atoms with E-state index in [0.29, 0.717) is 10.9 Å². The molecule has 2 saturated heterocycles. The van der Waals surface area contributed by atoms with Crippen LogP contribution in [0.2, 0.25) is 0 Å². The van der Waals surface area contributed by atoms with Crippen LogP contribution in [-0.2, 0) is 0 Å². The quantitative estimate of drug-likeness (QED) is 0.649. The summed E-state index contributed by atoms with van der Waals surface area (Å²) in [5, 5.41) is 5.95. The first-order valence-electron chi connectivity index (χ1n) is 10.1. The molecular weight excluding hydrogens is 372 g/mol. The van der Waals surface area contributed by atoms with Crippen LogP contribution in [0, 0.1) is 0 Å². The fraction of sp³-hybridized carbons (Fsp3) is 0.476. The molecule has 2 aliphatic heterocycles. The zero-order chi connectivity index (χ0) is 19.1. The van der Waals surface area contributed by atoms with Crippen LogP contribution in [0.3, 0.4) is 0 Å². The summed E-state index contributed by atoms with van der Waals surface area (Å²) in [6.07, 6.45) is 7.52. The maximum Gasteiger partial charge on any atom is 0.265 e. The number of benzene rings is 1. The standard InChI is InChI=1S/C21H24N4O2S/c1-14-6-2-3-11-25(14)21(26)18-13-22-20(28-18)19-16-8-7-15(12-17(16)27-23-19)24-9-4-5-10-24/h7-8,12-14H,2-6,9-11H2,1H3. The second kappa shape index (κ2) is 7.20. The molecule has 0 saturated carbocycles. The van der Waals surface area contributed by atoms with Gasteiger partial charge in [0.2, 0.25) is 0 Å². The number of carbonyl (C=O) groups is 1. The lowest BCUT2D eigenvalue weighted by Gasteiger charge is -2.32. The van der Waals surface area contributed by atoms with E-state index in [2.05, 4.69) is 40.2 Å². The van der Waals surface area contributed by atoms with Crippen LogP contribution in [0.5, 0.6) is 0 Å². The van der Waals surface area contributed by atoms with E-state index in [1.807, 2.05) is 4.90 Å². The number of anilines is 1. The Balaban J connectivity index is 1.42. The van der Waals surface area contributed by atoms with Gasteiger partial charge in [-0.3, -0.25) is 4.79 Å². The van der Waals surface area contributed by atoms with Crippen molar-refractivity contribution in [2.45, 2.75) is 45.1 Å². The van der Waals surface area contributed by atoms with Gasteiger partial charge in [0.05, 0.1) is 11.6 Å². The van der Waals surface area contributed by atoms with Crippen molar-refractivity contribution in [1.82, 2.24) is 15.0 Å². The highest BCUT2D eigenvalue weighted by Gasteiger charge is 2.26. The Morgan fingerprint density at radius 3 is 2.82 bits per heavy atom. The number of hydrogen-bond donors (Lipinski definition) is 0. The molecular formula is C21H24N4O2S. The summed E-state index contributed by atoms with van der Waals surface area (Å²) in [6, 6.07) is 6.55. The summed E-state index contributed by atoms with van der Waals surface area (Å²) in [5.74, 6) is 0.0834. The number of aromatic nitrogens is 2. The van der Waals surface area contributed by atoms with Crippen LogP contribution >= 0.6 is 11.3 Å². The maximum atomic E-state index is 12.9. The van der Waals surface area contributed by atoms with E-state index < -0.39 is 0 Å². The molecule has 4 heterocycles. The van der Waals surface area contributed by atoms with Gasteiger partial charge in [-0.1, -0.05) is 5.16 Å². The molecule has 0 aliphatic carbocycles. The molecule has 6 nitrogen and oxygen atoms in total. The molecule has 0 N–H and O–H groups in total. The van der Waals surface area contributed by atoms with Gasteiger partial charge in [-0.15, -0.1) is 11.3 Å². The number of amides is 1. The highest BCUT2D eigenvalue weighted by molar-refractivity contribution is 7.17. The molecule has 2 aromatic heterocycles. The summed E-state index contributed by atoms with van der Waals surface area (Å²) in [7, 11) is 0. The van der Waals surface area contributed by atoms with Crippen molar-refractivity contribution < 1.29 is 9.32 Å². The van der Waals surface area contributed by atoms with Crippen LogP contribution in [-0.4, -0.2) is 46.6 Å². The Morgan fingerprint density at radius 1 is 1.18 bits per heavy atom. The van der Waals surface area contributed by atoms with Gasteiger partial charge in [0.15, 0.2) is 5.58 Å². The number of likely N-dealkylation sites (tertiary alicyclic amines) is 1. The largest absolute Gasteiger partial charge is 0.371 e. The molecule has 0 bridgehead atoms. The highest BCUT2D eigenvalue weighted by atomic mass is 32.1. The van der Waals surface area contributed by atoms with E-state index in [1.165, 1.54) is 36.3 Å². The van der Waals surface area contributed by atoms with Gasteiger partial charge in [-0.2, -0.15) is 0 Å². The highest BCUT2D eigenvalue weighted by Crippen LogP contribution is 2.34. The fourth-order valence-corrected chi connectivity index (χ4v) is 5.14. The fourth-order valence-electron chi connectivity index (χ4n) is 4.28. The van der Waals surface area contributed by atoms with Crippen molar-refractivity contribution in [2.24, 2.45) is 0 Å². The number of piperidine rings is 1. The Morgan fingerprint density at radius 2 is 2.00 bits per heavy atom. The minimum Gasteiger partial charge on any atom is -0.371 e. The lowest BCUT2D eigenvalue weighted by atomic mass is 10.0. The zero-order valence-corrected chi connectivity index (χ0v) is 16.9. The third-order valence-electron chi connectivity index (χ3n) is 5.91. The summed E-state index contributed by atoms with van der Waals surface area (Å²) >= 11 is 1.40. The second-order valence-electron chi connectivity index (χ2n) is 7.78. The SMILES string of the molecule is CC1CCCCN1C(=O)c1cnc(-c2noc3cc(N4CCCC4)ccc23)s1. The summed E-state index contributed by atoms with van der Waals surface area (Å²) in [4.78, 5) is 22.4. The summed E-state index contributed by atoms with van der Waals surface area (Å²) in [5.41, 5.74) is 2.67. The molecule has 1 aromatic carbocycles. The molecule has 2 fully saturated rings. The number of rotatable bonds is 3. The van der Waals surface area contributed by atoms with Crippen LogP contribution in [0.25, 0.3) is 21.7 Å². The van der Waals surface area contributed by atoms with Crippen molar-refractivity contribution >= 4 is 33.9 Å². The zero-order valence-electron chi connectivity index (χ0n) is 16.1. The van der Waals surface area contributed by atoms with Crippen LogP contribution < -0.4 is 4.90 Å². The third-order valence-corrected chi connectivity index (χ3v) is 6.90. The Hall–Kier alpha value is -2.41. The normalized spacial score (nSPS) is 20.2. The van der Waals surface area contributed by atoms with Crippen LogP contribution in [0.1, 0.15) is 48.7 Å². The Kier molecular flexibility index (Phi) is 4.55. The molecule has 28 heavy (non-hydrogen) atoms. The molecule has 7 heteroatoms. The van der Waals surface area contributed by atoms with Crippen molar-refractivity contribution in [3.63, 3.8) is 0 Å². The lowest BCUT2D eigenvalue weighted by molar-refractivity contribution is 0.0640. The van der Waals surface area contributed by atoms with Gasteiger partial charge in [0, 0.05) is 37.4 Å². The molecule has 1 atom stereocenters. The Labute approximate surface area is 168 Å². The monoisotopic (exact) mass is 396 g/mol. The van der Waals surface area contributed by atoms with Gasteiger partial charge < -0.3 is 14.3 Å². The molecule has 0 spiro atoms. The number of fused-ring (bicyclic) bond motifs is 1. The molecule has 146 valence electrons. The van der Waals surface area contributed by atoms with E-state index in [4.69, 9.17) is 4.52 Å². The predicted molar refractivity (Wildman–Crippen MR) is 111 cm³/mol. The topological polar surface area (TPSA) is 62.5 Å². The number of carbonyl (C=O) groups excluding carboxylic acids is 1. The van der Waals surface area contributed by atoms with Gasteiger partial charge >= 0.3 is 0 Å². The molecule has 1 amide bonds. The van der Waals surface area contributed by atoms with Crippen molar-refractivity contribution in [3.8, 4) is 10.7 Å². The first-order chi connectivity index (χ1) is 13.7. The third kappa shape index (κ3) is 3.07. The average Bonchev–Trinajstić information content (AvgIpc) is 3.47. The van der Waals surface area contributed by atoms with E-state index in [1.54, 1.807) is 6.20 Å². The number of thiazole rings is 1. The average molecular weight is 397 g/mol. The van der Waals surface area contributed by atoms with E-state index in [0.717, 1.165) is 54.1 Å². The minimum absolute atomic E-state index is 0.0834.